The summed E-state index contributed by atoms with van der Waals surface area (Å²) in [5.74, 6) is -0.411. The van der Waals surface area contributed by atoms with Gasteiger partial charge in [0.1, 0.15) is 5.69 Å². The van der Waals surface area contributed by atoms with Crippen LogP contribution in [0.4, 0.5) is 34.1 Å². The van der Waals surface area contributed by atoms with Gasteiger partial charge in [0.25, 0.3) is 11.8 Å². The number of azo groups is 2. The summed E-state index contributed by atoms with van der Waals surface area (Å²) in [5.41, 5.74) is 4.29. The summed E-state index contributed by atoms with van der Waals surface area (Å²) < 4.78 is 0. The van der Waals surface area contributed by atoms with Crippen LogP contribution in [0.3, 0.4) is 0 Å². The Morgan fingerprint density at radius 2 is 0.902 bits per heavy atom. The largest absolute Gasteiger partial charge is 0.594 e. The van der Waals surface area contributed by atoms with Gasteiger partial charge in [-0.3, -0.25) is 9.59 Å². The zero-order valence-corrected chi connectivity index (χ0v) is 21.7. The molecule has 5 rings (SSSR count). The number of nitrogens with one attached hydrogen (secondary N) is 2. The van der Waals surface area contributed by atoms with Gasteiger partial charge in [-0.05, 0) is 84.9 Å². The zero-order chi connectivity index (χ0) is 28.4. The molecule has 41 heavy (non-hydrogen) atoms. The van der Waals surface area contributed by atoms with Gasteiger partial charge in [0.05, 0.1) is 11.4 Å². The molecule has 0 saturated heterocycles. The maximum absolute atomic E-state index is 12.5. The molecule has 9 nitrogen and oxygen atoms in total. The molecule has 0 aromatic heterocycles. The van der Waals surface area contributed by atoms with Crippen molar-refractivity contribution in [3.63, 3.8) is 0 Å². The second-order valence-electron chi connectivity index (χ2n) is 8.82. The van der Waals surface area contributed by atoms with Crippen LogP contribution in [0, 0.1) is 5.21 Å². The molecular weight excluding hydrogens is 516 g/mol. The number of nitrogens with zero attached hydrogens (tertiary/aromatic N) is 4. The lowest BCUT2D eigenvalue weighted by atomic mass is 10.2. The molecule has 0 bridgehead atoms. The molecule has 9 heteroatoms. The van der Waals surface area contributed by atoms with E-state index in [1.165, 1.54) is 0 Å². The Balaban J connectivity index is 1.16. The quantitative estimate of drug-likeness (QED) is 0.116. The van der Waals surface area contributed by atoms with E-state index in [0.717, 1.165) is 0 Å². The van der Waals surface area contributed by atoms with Crippen LogP contribution in [0.5, 0.6) is 0 Å². The molecule has 0 saturated carbocycles. The highest BCUT2D eigenvalue weighted by Crippen LogP contribution is 2.24. The predicted octanol–water partition coefficient (Wildman–Crippen LogP) is 8.53. The standard InChI is InChI=1S/C32H24N6O3/c39-31(23-7-3-1-4-8-23)33-25-11-15-27(16-12-25)35-36-28-19-21-30(22-20-28)38(41)37-29-17-13-26(14-18-29)34-32(40)24-9-5-2-6-10-24/h1-22H,(H,33,39)(H,34,40). The fourth-order valence-corrected chi connectivity index (χ4v) is 3.73. The summed E-state index contributed by atoms with van der Waals surface area (Å²) in [5, 5.41) is 30.7. The number of benzene rings is 5. The van der Waals surface area contributed by atoms with E-state index in [9.17, 15) is 14.8 Å². The Bertz CT molecular complexity index is 1690. The molecule has 0 aliphatic heterocycles. The molecule has 5 aromatic rings. The Morgan fingerprint density at radius 3 is 1.34 bits per heavy atom. The predicted molar refractivity (Wildman–Crippen MR) is 158 cm³/mol. The third-order valence-corrected chi connectivity index (χ3v) is 5.88. The maximum Gasteiger partial charge on any atom is 0.255 e. The van der Waals surface area contributed by atoms with Crippen LogP contribution < -0.4 is 10.6 Å². The molecule has 5 aromatic carbocycles. The molecule has 0 spiro atoms. The first-order valence-electron chi connectivity index (χ1n) is 12.7. The smallest absolute Gasteiger partial charge is 0.255 e. The fourth-order valence-electron chi connectivity index (χ4n) is 3.73. The number of hydrogen-bond acceptors (Lipinski definition) is 6. The van der Waals surface area contributed by atoms with Crippen molar-refractivity contribution in [1.82, 2.24) is 0 Å². The molecule has 0 atom stereocenters. The van der Waals surface area contributed by atoms with Gasteiger partial charge in [0.2, 0.25) is 5.69 Å². The third-order valence-electron chi connectivity index (χ3n) is 5.88. The van der Waals surface area contributed by atoms with Crippen molar-refractivity contribution in [1.29, 1.82) is 0 Å². The van der Waals surface area contributed by atoms with Crippen molar-refractivity contribution in [2.24, 2.45) is 15.3 Å². The monoisotopic (exact) mass is 540 g/mol. The normalized spacial score (nSPS) is 11.3. The molecule has 0 unspecified atom stereocenters. The minimum absolute atomic E-state index is 0.191. The summed E-state index contributed by atoms with van der Waals surface area (Å²) in [4.78, 5) is 25.1. The minimum atomic E-state index is -0.220. The molecule has 0 heterocycles. The van der Waals surface area contributed by atoms with Gasteiger partial charge in [-0.2, -0.15) is 10.2 Å². The summed E-state index contributed by atoms with van der Waals surface area (Å²) in [6.07, 6.45) is 0. The highest BCUT2D eigenvalue weighted by Gasteiger charge is 2.08. The number of rotatable bonds is 8. The van der Waals surface area contributed by atoms with Gasteiger partial charge in [0, 0.05) is 39.7 Å². The highest BCUT2D eigenvalue weighted by atomic mass is 16.5. The topological polar surface area (TPSA) is 121 Å². The van der Waals surface area contributed by atoms with E-state index >= 15 is 0 Å². The first kappa shape index (κ1) is 26.6. The first-order chi connectivity index (χ1) is 20.0. The number of anilines is 2. The minimum Gasteiger partial charge on any atom is -0.594 e. The lowest BCUT2D eigenvalue weighted by molar-refractivity contribution is -0.435. The Morgan fingerprint density at radius 1 is 0.512 bits per heavy atom. The van der Waals surface area contributed by atoms with Crippen LogP contribution in [-0.2, 0) is 0 Å². The second kappa shape index (κ2) is 12.7. The third kappa shape index (κ3) is 7.33. The second-order valence-corrected chi connectivity index (χ2v) is 8.82. The average molecular weight is 541 g/mol. The van der Waals surface area contributed by atoms with Crippen molar-refractivity contribution >= 4 is 45.9 Å². The van der Waals surface area contributed by atoms with Gasteiger partial charge in [-0.1, -0.05) is 41.3 Å². The van der Waals surface area contributed by atoms with E-state index < -0.39 is 0 Å². The fraction of sp³-hybridized carbons (Fsp3) is 0. The van der Waals surface area contributed by atoms with Crippen LogP contribution >= 0.6 is 0 Å². The van der Waals surface area contributed by atoms with Crippen LogP contribution in [0.1, 0.15) is 20.7 Å². The molecule has 0 aliphatic rings. The number of amides is 2. The number of carbonyl (C=O) groups excluding carboxylic acids is 2. The van der Waals surface area contributed by atoms with E-state index in [1.54, 1.807) is 109 Å². The number of carbonyl (C=O) groups is 2. The van der Waals surface area contributed by atoms with Crippen molar-refractivity contribution in [3.8, 4) is 0 Å². The summed E-state index contributed by atoms with van der Waals surface area (Å²) in [7, 11) is 0. The van der Waals surface area contributed by atoms with E-state index in [0.29, 0.717) is 50.1 Å². The summed E-state index contributed by atoms with van der Waals surface area (Å²) in [6, 6.07) is 38.0. The van der Waals surface area contributed by atoms with E-state index in [2.05, 4.69) is 26.0 Å². The van der Waals surface area contributed by atoms with Crippen molar-refractivity contribution in [2.75, 3.05) is 10.6 Å². The lowest BCUT2D eigenvalue weighted by Crippen LogP contribution is -2.11. The van der Waals surface area contributed by atoms with Crippen LogP contribution in [0.15, 0.2) is 149 Å². The van der Waals surface area contributed by atoms with Gasteiger partial charge in [-0.25, -0.2) is 0 Å². The van der Waals surface area contributed by atoms with Gasteiger partial charge in [-0.15, -0.1) is 0 Å². The molecule has 200 valence electrons. The van der Waals surface area contributed by atoms with Crippen LogP contribution in [0.2, 0.25) is 0 Å². The first-order valence-corrected chi connectivity index (χ1v) is 12.7. The number of hydrogen-bond donors (Lipinski definition) is 2. The Labute approximate surface area is 236 Å². The van der Waals surface area contributed by atoms with Gasteiger partial charge in [0.15, 0.2) is 0 Å². The van der Waals surface area contributed by atoms with Gasteiger partial charge < -0.3 is 15.8 Å². The highest BCUT2D eigenvalue weighted by molar-refractivity contribution is 6.04. The van der Waals surface area contributed by atoms with E-state index in [-0.39, 0.29) is 11.8 Å². The molecule has 0 radical (unpaired) electrons. The Kier molecular flexibility index (Phi) is 8.27. The summed E-state index contributed by atoms with van der Waals surface area (Å²) >= 11 is 0. The Hall–Kier alpha value is -5.96. The van der Waals surface area contributed by atoms with Crippen molar-refractivity contribution in [3.05, 3.63) is 150 Å². The molecule has 2 N–H and O–H groups in total. The molecule has 0 fully saturated rings. The van der Waals surface area contributed by atoms with Crippen molar-refractivity contribution < 1.29 is 14.4 Å². The van der Waals surface area contributed by atoms with E-state index in [4.69, 9.17) is 0 Å². The van der Waals surface area contributed by atoms with Gasteiger partial charge >= 0.3 is 0 Å². The molecular formula is C32H24N6O3. The van der Waals surface area contributed by atoms with Crippen LogP contribution in [0.25, 0.3) is 0 Å². The summed E-state index contributed by atoms with van der Waals surface area (Å²) in [6.45, 7) is 0. The molecule has 0 aliphatic carbocycles. The SMILES string of the molecule is O=C(Nc1ccc(N=Nc2ccc([N+]([O-])=Nc3ccc(NC(=O)c4ccccc4)cc3)cc2)cc1)c1ccccc1. The lowest BCUT2D eigenvalue weighted by Gasteiger charge is -2.05. The average Bonchev–Trinajstić information content (AvgIpc) is 3.02. The van der Waals surface area contributed by atoms with Crippen molar-refractivity contribution in [2.45, 2.75) is 0 Å². The molecule has 2 amide bonds. The van der Waals surface area contributed by atoms with Crippen LogP contribution in [-0.4, -0.2) is 16.7 Å². The zero-order valence-electron chi connectivity index (χ0n) is 21.7. The van der Waals surface area contributed by atoms with E-state index in [1.807, 2.05) is 24.3 Å². The maximum atomic E-state index is 12.5.